The Kier molecular flexibility index (Phi) is 4.97. The van der Waals surface area contributed by atoms with Crippen LogP contribution >= 0.6 is 11.6 Å². The summed E-state index contributed by atoms with van der Waals surface area (Å²) in [6.45, 7) is 0.0927. The van der Waals surface area contributed by atoms with Crippen LogP contribution in [0.15, 0.2) is 41.7 Å². The van der Waals surface area contributed by atoms with Crippen LogP contribution in [0.5, 0.6) is 11.6 Å². The van der Waals surface area contributed by atoms with Crippen LogP contribution in [0.3, 0.4) is 0 Å². The number of nitrogens with zero attached hydrogens (tertiary/aromatic N) is 2. The molecule has 21 heavy (non-hydrogen) atoms. The van der Waals surface area contributed by atoms with Gasteiger partial charge in [0.25, 0.3) is 0 Å². The Bertz CT molecular complexity index is 644. The van der Waals surface area contributed by atoms with Gasteiger partial charge in [0, 0.05) is 18.4 Å². The molecule has 6 nitrogen and oxygen atoms in total. The highest BCUT2D eigenvalue weighted by molar-refractivity contribution is 6.35. The largest absolute Gasteiger partial charge is 0.438 e. The second-order valence-electron chi connectivity index (χ2n) is 4.18. The van der Waals surface area contributed by atoms with E-state index >= 15 is 0 Å². The summed E-state index contributed by atoms with van der Waals surface area (Å²) in [5, 5.41) is 20.6. The molecule has 1 aromatic heterocycles. The molecule has 0 atom stereocenters. The van der Waals surface area contributed by atoms with E-state index in [4.69, 9.17) is 32.4 Å². The summed E-state index contributed by atoms with van der Waals surface area (Å²) in [5.41, 5.74) is 6.85. The molecule has 0 fully saturated rings. The molecular formula is C14H14ClN3O3. The molecule has 0 unspecified atom stereocenters. The first-order chi connectivity index (χ1) is 10.2. The molecule has 0 saturated carbocycles. The lowest BCUT2D eigenvalue weighted by atomic mass is 10.1. The van der Waals surface area contributed by atoms with E-state index in [0.29, 0.717) is 17.7 Å². The summed E-state index contributed by atoms with van der Waals surface area (Å²) in [6, 6.07) is 8.70. The van der Waals surface area contributed by atoms with Crippen LogP contribution < -0.4 is 10.5 Å². The van der Waals surface area contributed by atoms with Gasteiger partial charge in [-0.2, -0.15) is 0 Å². The van der Waals surface area contributed by atoms with E-state index < -0.39 is 0 Å². The second-order valence-corrected chi connectivity index (χ2v) is 4.56. The molecule has 0 amide bonds. The minimum atomic E-state index is -0.120. The van der Waals surface area contributed by atoms with Crippen molar-refractivity contribution in [3.63, 3.8) is 0 Å². The fourth-order valence-corrected chi connectivity index (χ4v) is 1.96. The molecule has 2 rings (SSSR count). The minimum absolute atomic E-state index is 0.0927. The normalized spacial score (nSPS) is 11.4. The molecule has 1 heterocycles. The first kappa shape index (κ1) is 15.1. The number of hydrogen-bond donors (Lipinski definition) is 3. The number of oxime groups is 1. The van der Waals surface area contributed by atoms with Gasteiger partial charge in [-0.15, -0.1) is 0 Å². The highest BCUT2D eigenvalue weighted by atomic mass is 35.5. The zero-order chi connectivity index (χ0) is 15.2. The van der Waals surface area contributed by atoms with Crippen LogP contribution in [0.2, 0.25) is 5.02 Å². The van der Waals surface area contributed by atoms with Gasteiger partial charge in [0.1, 0.15) is 10.8 Å². The molecule has 0 bridgehead atoms. The maximum absolute atomic E-state index is 8.86. The Hall–Kier alpha value is -2.31. The zero-order valence-electron chi connectivity index (χ0n) is 11.0. The third-order valence-corrected chi connectivity index (χ3v) is 3.14. The topological polar surface area (TPSA) is 101 Å². The molecular weight excluding hydrogens is 294 g/mol. The van der Waals surface area contributed by atoms with Gasteiger partial charge in [-0.05, 0) is 30.2 Å². The number of aromatic nitrogens is 1. The Labute approximate surface area is 126 Å². The van der Waals surface area contributed by atoms with Crippen molar-refractivity contribution in [3.05, 3.63) is 52.7 Å². The third-order valence-electron chi connectivity index (χ3n) is 2.78. The van der Waals surface area contributed by atoms with E-state index in [1.165, 1.54) is 12.3 Å². The van der Waals surface area contributed by atoms with Gasteiger partial charge in [-0.3, -0.25) is 0 Å². The maximum atomic E-state index is 8.86. The number of rotatable bonds is 5. The lowest BCUT2D eigenvalue weighted by Gasteiger charge is -2.09. The van der Waals surface area contributed by atoms with E-state index in [2.05, 4.69) is 10.1 Å². The fourth-order valence-electron chi connectivity index (χ4n) is 1.71. The second kappa shape index (κ2) is 6.92. The molecule has 0 aliphatic rings. The number of aliphatic hydroxyl groups excluding tert-OH is 1. The van der Waals surface area contributed by atoms with Gasteiger partial charge >= 0.3 is 0 Å². The lowest BCUT2D eigenvalue weighted by Crippen LogP contribution is -2.14. The summed E-state index contributed by atoms with van der Waals surface area (Å²) in [4.78, 5) is 4.02. The van der Waals surface area contributed by atoms with E-state index in [-0.39, 0.29) is 23.3 Å². The van der Waals surface area contributed by atoms with Crippen LogP contribution in [0.4, 0.5) is 0 Å². The highest BCUT2D eigenvalue weighted by Crippen LogP contribution is 2.29. The van der Waals surface area contributed by atoms with Crippen molar-refractivity contribution in [3.8, 4) is 11.6 Å². The number of hydrogen-bond acceptors (Lipinski definition) is 5. The number of aliphatic hydroxyl groups is 1. The highest BCUT2D eigenvalue weighted by Gasteiger charge is 2.13. The number of pyridine rings is 1. The standard InChI is InChI=1S/C14H14ClN3O3/c15-12-11(13(16)18-20)5-7-17-14(12)21-10-3-1-9(2-4-10)6-8-19/h1-5,7,19-20H,6,8H2,(H2,16,18). The number of benzene rings is 1. The van der Waals surface area contributed by atoms with Crippen molar-refractivity contribution < 1.29 is 15.1 Å². The maximum Gasteiger partial charge on any atom is 0.238 e. The zero-order valence-corrected chi connectivity index (χ0v) is 11.8. The van der Waals surface area contributed by atoms with Crippen LogP contribution in [0.1, 0.15) is 11.1 Å². The monoisotopic (exact) mass is 307 g/mol. The Morgan fingerprint density at radius 3 is 2.62 bits per heavy atom. The van der Waals surface area contributed by atoms with Crippen molar-refractivity contribution >= 4 is 17.4 Å². The van der Waals surface area contributed by atoms with Crippen LogP contribution in [-0.4, -0.2) is 27.7 Å². The van der Waals surface area contributed by atoms with Crippen molar-refractivity contribution in [2.24, 2.45) is 10.9 Å². The quantitative estimate of drug-likeness (QED) is 0.340. The predicted molar refractivity (Wildman–Crippen MR) is 79.1 cm³/mol. The molecule has 0 aliphatic carbocycles. The summed E-state index contributed by atoms with van der Waals surface area (Å²) in [7, 11) is 0. The molecule has 7 heteroatoms. The van der Waals surface area contributed by atoms with Gasteiger partial charge in [-0.1, -0.05) is 28.9 Å². The van der Waals surface area contributed by atoms with Crippen LogP contribution in [-0.2, 0) is 6.42 Å². The Morgan fingerprint density at radius 2 is 2.00 bits per heavy atom. The summed E-state index contributed by atoms with van der Waals surface area (Å²) < 4.78 is 5.58. The molecule has 0 saturated heterocycles. The molecule has 110 valence electrons. The first-order valence-corrected chi connectivity index (χ1v) is 6.53. The molecule has 4 N–H and O–H groups in total. The molecule has 1 aromatic carbocycles. The predicted octanol–water partition coefficient (Wildman–Crippen LogP) is 2.16. The average molecular weight is 308 g/mol. The van der Waals surface area contributed by atoms with Crippen molar-refractivity contribution in [2.75, 3.05) is 6.61 Å². The van der Waals surface area contributed by atoms with E-state index in [0.717, 1.165) is 5.56 Å². The van der Waals surface area contributed by atoms with E-state index in [1.807, 2.05) is 12.1 Å². The summed E-state index contributed by atoms with van der Waals surface area (Å²) >= 11 is 6.12. The molecule has 0 radical (unpaired) electrons. The van der Waals surface area contributed by atoms with Gasteiger partial charge < -0.3 is 20.8 Å². The smallest absolute Gasteiger partial charge is 0.238 e. The molecule has 2 aromatic rings. The van der Waals surface area contributed by atoms with Crippen molar-refractivity contribution in [1.82, 2.24) is 4.98 Å². The fraction of sp³-hybridized carbons (Fsp3) is 0.143. The number of amidine groups is 1. The Balaban J connectivity index is 2.23. The lowest BCUT2D eigenvalue weighted by molar-refractivity contribution is 0.299. The van der Waals surface area contributed by atoms with Gasteiger partial charge in [0.05, 0.1) is 0 Å². The Morgan fingerprint density at radius 1 is 1.29 bits per heavy atom. The van der Waals surface area contributed by atoms with Crippen LogP contribution in [0.25, 0.3) is 0 Å². The third kappa shape index (κ3) is 3.62. The summed E-state index contributed by atoms with van der Waals surface area (Å²) in [6.07, 6.45) is 2.03. The van der Waals surface area contributed by atoms with E-state index in [1.54, 1.807) is 12.1 Å². The first-order valence-electron chi connectivity index (χ1n) is 6.15. The number of ether oxygens (including phenoxy) is 1. The van der Waals surface area contributed by atoms with Gasteiger partial charge in [-0.25, -0.2) is 4.98 Å². The van der Waals surface area contributed by atoms with Gasteiger partial charge in [0.2, 0.25) is 5.88 Å². The van der Waals surface area contributed by atoms with Crippen molar-refractivity contribution in [2.45, 2.75) is 6.42 Å². The number of halogens is 1. The van der Waals surface area contributed by atoms with Crippen molar-refractivity contribution in [1.29, 1.82) is 0 Å². The van der Waals surface area contributed by atoms with E-state index in [9.17, 15) is 0 Å². The molecule has 0 aliphatic heterocycles. The molecule has 0 spiro atoms. The van der Waals surface area contributed by atoms with Crippen LogP contribution in [0, 0.1) is 0 Å². The summed E-state index contributed by atoms with van der Waals surface area (Å²) in [5.74, 6) is 0.587. The SMILES string of the molecule is N/C(=N/O)c1ccnc(Oc2ccc(CCO)cc2)c1Cl. The number of nitrogens with two attached hydrogens (primary N) is 1. The minimum Gasteiger partial charge on any atom is -0.438 e. The average Bonchev–Trinajstić information content (AvgIpc) is 2.51. The van der Waals surface area contributed by atoms with Gasteiger partial charge in [0.15, 0.2) is 5.84 Å².